The smallest absolute Gasteiger partial charge is 0.343 e. The van der Waals surface area contributed by atoms with Gasteiger partial charge in [-0.05, 0) is 92.6 Å². The molecular weight excluding hydrogens is 472 g/mol. The van der Waals surface area contributed by atoms with Crippen LogP contribution in [-0.4, -0.2) is 31.1 Å². The van der Waals surface area contributed by atoms with E-state index in [9.17, 15) is 14.4 Å². The van der Waals surface area contributed by atoms with Gasteiger partial charge in [-0.3, -0.25) is 0 Å². The molecule has 0 radical (unpaired) electrons. The molecule has 0 aliphatic rings. The van der Waals surface area contributed by atoms with E-state index in [1.54, 1.807) is 55.6 Å². The average Bonchev–Trinajstić information content (AvgIpc) is 2.92. The van der Waals surface area contributed by atoms with E-state index < -0.39 is 17.9 Å². The van der Waals surface area contributed by atoms with Crippen molar-refractivity contribution < 1.29 is 33.3 Å². The van der Waals surface area contributed by atoms with Crippen LogP contribution < -0.4 is 14.2 Å². The molecule has 0 bridgehead atoms. The van der Waals surface area contributed by atoms with Gasteiger partial charge in [0.25, 0.3) is 0 Å². The number of methoxy groups -OCH3 is 1. The van der Waals surface area contributed by atoms with Crippen LogP contribution >= 0.6 is 0 Å². The number of carbonyl (C=O) groups is 3. The molecule has 0 aliphatic carbocycles. The molecule has 3 aromatic rings. The Bertz CT molecular complexity index is 1170. The van der Waals surface area contributed by atoms with Crippen LogP contribution in [-0.2, 0) is 4.74 Å². The summed E-state index contributed by atoms with van der Waals surface area (Å²) in [6, 6.07) is 18.8. The van der Waals surface area contributed by atoms with E-state index in [1.165, 1.54) is 30.7 Å². The van der Waals surface area contributed by atoms with Crippen LogP contribution in [0.25, 0.3) is 0 Å². The highest BCUT2D eigenvalue weighted by Crippen LogP contribution is 2.19. The van der Waals surface area contributed by atoms with Gasteiger partial charge in [0, 0.05) is 0 Å². The Kier molecular flexibility index (Phi) is 10.3. The van der Waals surface area contributed by atoms with Crippen LogP contribution in [0.1, 0.15) is 77.0 Å². The normalized spacial score (nSPS) is 11.3. The second-order valence-corrected chi connectivity index (χ2v) is 8.62. The molecule has 0 saturated carbocycles. The summed E-state index contributed by atoms with van der Waals surface area (Å²) < 4.78 is 21.3. The van der Waals surface area contributed by atoms with Crippen LogP contribution in [0.5, 0.6) is 17.2 Å². The lowest BCUT2D eigenvalue weighted by Gasteiger charge is -2.13. The fourth-order valence-corrected chi connectivity index (χ4v) is 3.55. The van der Waals surface area contributed by atoms with E-state index in [0.717, 1.165) is 25.7 Å². The second kappa shape index (κ2) is 13.8. The van der Waals surface area contributed by atoms with Crippen molar-refractivity contribution in [1.82, 2.24) is 0 Å². The molecule has 0 spiro atoms. The third-order valence-corrected chi connectivity index (χ3v) is 5.70. The van der Waals surface area contributed by atoms with Gasteiger partial charge in [0.1, 0.15) is 17.2 Å². The predicted molar refractivity (Wildman–Crippen MR) is 139 cm³/mol. The van der Waals surface area contributed by atoms with E-state index in [1.807, 2.05) is 6.92 Å². The fraction of sp³-hybridized carbons (Fsp3) is 0.300. The number of ether oxygens (including phenoxy) is 4. The number of benzene rings is 3. The fourth-order valence-electron chi connectivity index (χ4n) is 3.55. The third-order valence-electron chi connectivity index (χ3n) is 5.70. The summed E-state index contributed by atoms with van der Waals surface area (Å²) in [5, 5.41) is 0. The summed E-state index contributed by atoms with van der Waals surface area (Å²) in [5.41, 5.74) is 1.05. The topological polar surface area (TPSA) is 88.1 Å². The second-order valence-electron chi connectivity index (χ2n) is 8.62. The maximum Gasteiger partial charge on any atom is 0.343 e. The van der Waals surface area contributed by atoms with Gasteiger partial charge in [-0.2, -0.15) is 0 Å². The van der Waals surface area contributed by atoms with Crippen LogP contribution in [0.3, 0.4) is 0 Å². The Balaban J connectivity index is 1.50. The van der Waals surface area contributed by atoms with Gasteiger partial charge < -0.3 is 18.9 Å². The minimum atomic E-state index is -0.580. The van der Waals surface area contributed by atoms with Gasteiger partial charge in [-0.15, -0.1) is 0 Å². The lowest BCUT2D eigenvalue weighted by atomic mass is 10.1. The Morgan fingerprint density at radius 3 is 1.49 bits per heavy atom. The number of hydrogen-bond donors (Lipinski definition) is 0. The van der Waals surface area contributed by atoms with E-state index in [4.69, 9.17) is 18.9 Å². The number of rotatable bonds is 12. The summed E-state index contributed by atoms with van der Waals surface area (Å²) >= 11 is 0. The third kappa shape index (κ3) is 8.49. The van der Waals surface area contributed by atoms with Crippen molar-refractivity contribution in [3.63, 3.8) is 0 Å². The number of unbranched alkanes of at least 4 members (excludes halogenated alkanes) is 3. The molecule has 7 heteroatoms. The molecule has 0 saturated heterocycles. The maximum absolute atomic E-state index is 12.5. The lowest BCUT2D eigenvalue weighted by Crippen LogP contribution is -2.15. The number of hydrogen-bond acceptors (Lipinski definition) is 7. The zero-order valence-electron chi connectivity index (χ0n) is 21.4. The molecule has 1 unspecified atom stereocenters. The molecule has 0 aromatic heterocycles. The van der Waals surface area contributed by atoms with Crippen molar-refractivity contribution in [2.24, 2.45) is 0 Å². The number of esters is 3. The van der Waals surface area contributed by atoms with Crippen LogP contribution in [0.15, 0.2) is 72.8 Å². The lowest BCUT2D eigenvalue weighted by molar-refractivity contribution is 0.0319. The van der Waals surface area contributed by atoms with E-state index in [-0.39, 0.29) is 11.7 Å². The highest BCUT2D eigenvalue weighted by Gasteiger charge is 2.14. The summed E-state index contributed by atoms with van der Waals surface area (Å²) in [6.45, 7) is 4.05. The first-order chi connectivity index (χ1) is 17.9. The molecular formula is C30H32O7. The first kappa shape index (κ1) is 27.5. The van der Waals surface area contributed by atoms with Crippen molar-refractivity contribution in [2.45, 2.75) is 52.1 Å². The van der Waals surface area contributed by atoms with Crippen molar-refractivity contribution >= 4 is 17.9 Å². The monoisotopic (exact) mass is 504 g/mol. The molecule has 3 aromatic carbocycles. The zero-order chi connectivity index (χ0) is 26.6. The van der Waals surface area contributed by atoms with Crippen LogP contribution in [0.2, 0.25) is 0 Å². The van der Waals surface area contributed by atoms with Crippen molar-refractivity contribution in [3.05, 3.63) is 89.5 Å². The van der Waals surface area contributed by atoms with Crippen LogP contribution in [0, 0.1) is 0 Å². The van der Waals surface area contributed by atoms with E-state index in [0.29, 0.717) is 28.4 Å². The van der Waals surface area contributed by atoms with Crippen molar-refractivity contribution in [1.29, 1.82) is 0 Å². The van der Waals surface area contributed by atoms with Gasteiger partial charge in [-0.25, -0.2) is 14.4 Å². The minimum Gasteiger partial charge on any atom is -0.497 e. The van der Waals surface area contributed by atoms with Crippen molar-refractivity contribution in [3.8, 4) is 17.2 Å². The molecule has 0 amide bonds. The Hall–Kier alpha value is -4.13. The molecule has 0 heterocycles. The molecule has 194 valence electrons. The molecule has 3 rings (SSSR count). The maximum atomic E-state index is 12.5. The molecule has 0 fully saturated rings. The average molecular weight is 505 g/mol. The minimum absolute atomic E-state index is 0.152. The highest BCUT2D eigenvalue weighted by atomic mass is 16.5. The molecule has 0 N–H and O–H groups in total. The summed E-state index contributed by atoms with van der Waals surface area (Å²) in [7, 11) is 1.54. The van der Waals surface area contributed by atoms with E-state index in [2.05, 4.69) is 6.92 Å². The standard InChI is InChI=1S/C30H32O7/c1-4-5-6-7-8-21(2)35-28(31)22-11-17-26(18-12-22)37-30(33)24-13-19-27(20-14-24)36-29(32)23-9-15-25(34-3)16-10-23/h9-21H,4-8H2,1-3H3. The quantitative estimate of drug-likeness (QED) is 0.155. The van der Waals surface area contributed by atoms with Gasteiger partial charge >= 0.3 is 17.9 Å². The van der Waals surface area contributed by atoms with Gasteiger partial charge in [-0.1, -0.05) is 26.2 Å². The Morgan fingerprint density at radius 1 is 0.622 bits per heavy atom. The number of carbonyl (C=O) groups excluding carboxylic acids is 3. The SMILES string of the molecule is CCCCCCC(C)OC(=O)c1ccc(OC(=O)c2ccc(OC(=O)c3ccc(OC)cc3)cc2)cc1. The van der Waals surface area contributed by atoms with Gasteiger partial charge in [0.15, 0.2) is 0 Å². The summed E-state index contributed by atoms with van der Waals surface area (Å²) in [6.07, 6.45) is 5.20. The summed E-state index contributed by atoms with van der Waals surface area (Å²) in [5.74, 6) is -0.284. The van der Waals surface area contributed by atoms with Crippen molar-refractivity contribution in [2.75, 3.05) is 7.11 Å². The van der Waals surface area contributed by atoms with Gasteiger partial charge in [0.05, 0.1) is 29.9 Å². The molecule has 37 heavy (non-hydrogen) atoms. The molecule has 1 atom stereocenters. The summed E-state index contributed by atoms with van der Waals surface area (Å²) in [4.78, 5) is 37.2. The Morgan fingerprint density at radius 2 is 1.05 bits per heavy atom. The van der Waals surface area contributed by atoms with Gasteiger partial charge in [0.2, 0.25) is 0 Å². The predicted octanol–water partition coefficient (Wildman–Crippen LogP) is 6.65. The highest BCUT2D eigenvalue weighted by molar-refractivity contribution is 5.93. The first-order valence-corrected chi connectivity index (χ1v) is 12.4. The first-order valence-electron chi connectivity index (χ1n) is 12.4. The largest absolute Gasteiger partial charge is 0.497 e. The van der Waals surface area contributed by atoms with Crippen LogP contribution in [0.4, 0.5) is 0 Å². The molecule has 0 aliphatic heterocycles. The molecule has 7 nitrogen and oxygen atoms in total. The zero-order valence-corrected chi connectivity index (χ0v) is 21.4. The Labute approximate surface area is 217 Å². The van der Waals surface area contributed by atoms with E-state index >= 15 is 0 Å².